The Morgan fingerprint density at radius 1 is 1.19 bits per heavy atom. The largest absolute Gasteiger partial charge is 0.355 e. The normalized spacial score (nSPS) is 12.1. The van der Waals surface area contributed by atoms with Gasteiger partial charge < -0.3 is 5.32 Å². The van der Waals surface area contributed by atoms with E-state index in [0.29, 0.717) is 0 Å². The summed E-state index contributed by atoms with van der Waals surface area (Å²) in [5.41, 5.74) is 0. The number of nitrogens with one attached hydrogen (secondary N) is 2. The lowest BCUT2D eigenvalue weighted by Gasteiger charge is -2.09. The molecule has 0 atom stereocenters. The van der Waals surface area contributed by atoms with Crippen LogP contribution in [0.2, 0.25) is 0 Å². The fraction of sp³-hybridized carbons (Fsp3) is 0.364. The maximum atomic E-state index is 13.6. The molecule has 0 fully saturated rings. The van der Waals surface area contributed by atoms with E-state index in [1.165, 1.54) is 6.92 Å². The second kappa shape index (κ2) is 6.50. The van der Waals surface area contributed by atoms with E-state index in [-0.39, 0.29) is 23.9 Å². The number of sulfone groups is 1. The van der Waals surface area contributed by atoms with Crippen LogP contribution in [0.1, 0.15) is 6.92 Å². The second-order valence-electron chi connectivity index (χ2n) is 4.25. The van der Waals surface area contributed by atoms with Crippen LogP contribution in [0.15, 0.2) is 28.0 Å². The van der Waals surface area contributed by atoms with E-state index in [1.54, 1.807) is 0 Å². The number of hydrogen-bond donors (Lipinski definition) is 2. The SMILES string of the molecule is CC(=O)NCCNS(=O)(=O)c1cc(S(C)(=O)=O)ccc1F. The molecule has 0 aliphatic heterocycles. The number of hydrogen-bond acceptors (Lipinski definition) is 5. The van der Waals surface area contributed by atoms with E-state index in [1.807, 2.05) is 0 Å². The van der Waals surface area contributed by atoms with Crippen molar-refractivity contribution in [2.24, 2.45) is 0 Å². The monoisotopic (exact) mass is 338 g/mol. The fourth-order valence-corrected chi connectivity index (χ4v) is 3.28. The minimum absolute atomic E-state index is 0.0297. The molecule has 0 aromatic heterocycles. The predicted octanol–water partition coefficient (Wildman–Crippen LogP) is -0.356. The molecule has 0 spiro atoms. The Hall–Kier alpha value is -1.52. The third-order valence-electron chi connectivity index (χ3n) is 2.41. The molecule has 0 saturated heterocycles. The summed E-state index contributed by atoms with van der Waals surface area (Å²) in [5.74, 6) is -1.39. The van der Waals surface area contributed by atoms with E-state index < -0.39 is 30.6 Å². The van der Waals surface area contributed by atoms with Crippen molar-refractivity contribution in [3.63, 3.8) is 0 Å². The highest BCUT2D eigenvalue weighted by Gasteiger charge is 2.21. The van der Waals surface area contributed by atoms with Crippen molar-refractivity contribution in [3.8, 4) is 0 Å². The van der Waals surface area contributed by atoms with Gasteiger partial charge in [0, 0.05) is 26.3 Å². The zero-order chi connectivity index (χ0) is 16.3. The first kappa shape index (κ1) is 17.5. The van der Waals surface area contributed by atoms with Gasteiger partial charge in [0.15, 0.2) is 9.84 Å². The van der Waals surface area contributed by atoms with Crippen molar-refractivity contribution in [3.05, 3.63) is 24.0 Å². The second-order valence-corrected chi connectivity index (χ2v) is 8.00. The maximum Gasteiger partial charge on any atom is 0.243 e. The van der Waals surface area contributed by atoms with E-state index in [2.05, 4.69) is 10.0 Å². The smallest absolute Gasteiger partial charge is 0.243 e. The van der Waals surface area contributed by atoms with E-state index >= 15 is 0 Å². The summed E-state index contributed by atoms with van der Waals surface area (Å²) in [5, 5.41) is 2.36. The lowest BCUT2D eigenvalue weighted by molar-refractivity contribution is -0.118. The zero-order valence-corrected chi connectivity index (χ0v) is 13.0. The average molecular weight is 338 g/mol. The third-order valence-corrected chi connectivity index (χ3v) is 5.00. The van der Waals surface area contributed by atoms with Crippen molar-refractivity contribution in [2.75, 3.05) is 19.3 Å². The zero-order valence-electron chi connectivity index (χ0n) is 11.4. The van der Waals surface area contributed by atoms with Gasteiger partial charge in [0.1, 0.15) is 10.7 Å². The molecule has 118 valence electrons. The average Bonchev–Trinajstić information content (AvgIpc) is 2.33. The van der Waals surface area contributed by atoms with Gasteiger partial charge in [-0.1, -0.05) is 0 Å². The number of benzene rings is 1. The Morgan fingerprint density at radius 3 is 2.33 bits per heavy atom. The summed E-state index contributed by atoms with van der Waals surface area (Å²) >= 11 is 0. The Balaban J connectivity index is 3.00. The minimum Gasteiger partial charge on any atom is -0.355 e. The molecule has 7 nitrogen and oxygen atoms in total. The van der Waals surface area contributed by atoms with Gasteiger partial charge in [-0.15, -0.1) is 0 Å². The number of rotatable bonds is 6. The van der Waals surface area contributed by atoms with Crippen molar-refractivity contribution in [1.82, 2.24) is 10.0 Å². The van der Waals surface area contributed by atoms with Crippen LogP contribution in [0, 0.1) is 5.82 Å². The summed E-state index contributed by atoms with van der Waals surface area (Å²) in [7, 11) is -7.87. The highest BCUT2D eigenvalue weighted by molar-refractivity contribution is 7.91. The number of halogens is 1. The van der Waals surface area contributed by atoms with Gasteiger partial charge >= 0.3 is 0 Å². The van der Waals surface area contributed by atoms with Gasteiger partial charge in [-0.3, -0.25) is 4.79 Å². The molecular formula is C11H15FN2O5S2. The number of carbonyl (C=O) groups excluding carboxylic acids is 1. The summed E-state index contributed by atoms with van der Waals surface area (Å²) in [6, 6.07) is 2.52. The van der Waals surface area contributed by atoms with Gasteiger partial charge in [0.05, 0.1) is 4.90 Å². The van der Waals surface area contributed by atoms with Crippen molar-refractivity contribution >= 4 is 25.8 Å². The van der Waals surface area contributed by atoms with Crippen LogP contribution in [0.4, 0.5) is 4.39 Å². The molecule has 10 heteroatoms. The quantitative estimate of drug-likeness (QED) is 0.544. The first-order chi connectivity index (χ1) is 9.54. The van der Waals surface area contributed by atoms with Crippen molar-refractivity contribution < 1.29 is 26.0 Å². The highest BCUT2D eigenvalue weighted by atomic mass is 32.2. The van der Waals surface area contributed by atoms with E-state index in [0.717, 1.165) is 24.5 Å². The van der Waals surface area contributed by atoms with Gasteiger partial charge in [-0.25, -0.2) is 25.9 Å². The molecule has 21 heavy (non-hydrogen) atoms. The van der Waals surface area contributed by atoms with Gasteiger partial charge in [0.25, 0.3) is 0 Å². The number of sulfonamides is 1. The fourth-order valence-electron chi connectivity index (χ4n) is 1.42. The van der Waals surface area contributed by atoms with Crippen LogP contribution in [0.25, 0.3) is 0 Å². The summed E-state index contributed by atoms with van der Waals surface area (Å²) < 4.78 is 62.3. The van der Waals surface area contributed by atoms with Crippen molar-refractivity contribution in [2.45, 2.75) is 16.7 Å². The molecule has 2 N–H and O–H groups in total. The predicted molar refractivity (Wildman–Crippen MR) is 73.4 cm³/mol. The van der Waals surface area contributed by atoms with Crippen LogP contribution < -0.4 is 10.0 Å². The molecular weight excluding hydrogens is 323 g/mol. The molecule has 0 unspecified atom stereocenters. The molecule has 1 aromatic carbocycles. The van der Waals surface area contributed by atoms with Crippen LogP contribution in [0.5, 0.6) is 0 Å². The molecule has 1 rings (SSSR count). The molecule has 0 aliphatic rings. The lowest BCUT2D eigenvalue weighted by atomic mass is 10.3. The minimum atomic E-state index is -4.21. The van der Waals surface area contributed by atoms with E-state index in [4.69, 9.17) is 0 Å². The van der Waals surface area contributed by atoms with E-state index in [9.17, 15) is 26.0 Å². The van der Waals surface area contributed by atoms with Crippen LogP contribution in [-0.4, -0.2) is 42.1 Å². The van der Waals surface area contributed by atoms with Gasteiger partial charge in [-0.2, -0.15) is 0 Å². The third kappa shape index (κ3) is 5.06. The summed E-state index contributed by atoms with van der Waals surface area (Å²) in [4.78, 5) is 9.58. The van der Waals surface area contributed by atoms with Crippen LogP contribution >= 0.6 is 0 Å². The molecule has 0 saturated carbocycles. The maximum absolute atomic E-state index is 13.6. The van der Waals surface area contributed by atoms with Gasteiger partial charge in [-0.05, 0) is 18.2 Å². The molecule has 1 amide bonds. The molecule has 0 aliphatic carbocycles. The standard InChI is InChI=1S/C11H15FN2O5S2/c1-8(15)13-5-6-14-21(18,19)11-7-9(20(2,16)17)3-4-10(11)12/h3-4,7,14H,5-6H2,1-2H3,(H,13,15). The molecule has 0 radical (unpaired) electrons. The molecule has 0 heterocycles. The Kier molecular flexibility index (Phi) is 5.42. The first-order valence-electron chi connectivity index (χ1n) is 5.78. The van der Waals surface area contributed by atoms with Crippen LogP contribution in [0.3, 0.4) is 0 Å². The summed E-state index contributed by atoms with van der Waals surface area (Å²) in [6.07, 6.45) is 0.890. The number of amides is 1. The Bertz CT molecular complexity index is 744. The van der Waals surface area contributed by atoms with Crippen LogP contribution in [-0.2, 0) is 24.7 Å². The van der Waals surface area contributed by atoms with Gasteiger partial charge in [0.2, 0.25) is 15.9 Å². The Labute approximate surface area is 122 Å². The summed E-state index contributed by atoms with van der Waals surface area (Å²) in [6.45, 7) is 1.15. The lowest BCUT2D eigenvalue weighted by Crippen LogP contribution is -2.34. The van der Waals surface area contributed by atoms with Crippen molar-refractivity contribution in [1.29, 1.82) is 0 Å². The Morgan fingerprint density at radius 2 is 1.81 bits per heavy atom. The molecule has 1 aromatic rings. The first-order valence-corrected chi connectivity index (χ1v) is 9.15. The topological polar surface area (TPSA) is 109 Å². The molecule has 0 bridgehead atoms. The number of carbonyl (C=O) groups is 1. The highest BCUT2D eigenvalue weighted by Crippen LogP contribution is 2.19.